The standard InChI is InChI=1S/C39H41BrNO9S/c1-44-33-23-28(31-17-18-32(50-31)29-24-34(45-2)38(47-4)35(25-29)46-3)22-27(37(33)49-20-21-51-36-16-10-9-15-30(36)40)14-11-19-41(43,48-5)39(42)26-12-7-6-8-13-26/h6-10,12-13,15-16,22-25,31-32,43H,14,17-18,20-21H2,1-5H3/q+1. The van der Waals surface area contributed by atoms with Crippen molar-refractivity contribution in [3.8, 4) is 40.7 Å². The summed E-state index contributed by atoms with van der Waals surface area (Å²) in [6.07, 6.45) is 1.13. The van der Waals surface area contributed by atoms with Gasteiger partial charge in [-0.3, -0.25) is 0 Å². The largest absolute Gasteiger partial charge is 0.493 e. The summed E-state index contributed by atoms with van der Waals surface area (Å²) >= 11 is 5.26. The highest BCUT2D eigenvalue weighted by Gasteiger charge is 2.38. The van der Waals surface area contributed by atoms with E-state index in [0.29, 0.717) is 46.7 Å². The Balaban J connectivity index is 1.43. The fraction of sp³-hybridized carbons (Fsp3) is 0.308. The second-order valence-corrected chi connectivity index (χ2v) is 13.4. The molecule has 10 nitrogen and oxygen atoms in total. The van der Waals surface area contributed by atoms with Crippen LogP contribution in [0.4, 0.5) is 0 Å². The molecule has 1 N–H and O–H groups in total. The van der Waals surface area contributed by atoms with Gasteiger partial charge >= 0.3 is 5.91 Å². The molecule has 12 heteroatoms. The number of nitrogens with zero attached hydrogens (tertiary/aromatic N) is 1. The van der Waals surface area contributed by atoms with Gasteiger partial charge in [-0.2, -0.15) is 5.21 Å². The van der Waals surface area contributed by atoms with E-state index in [1.807, 2.05) is 48.5 Å². The Hall–Kier alpha value is -4.22. The maximum Gasteiger partial charge on any atom is 0.425 e. The molecule has 268 valence electrons. The molecule has 1 fully saturated rings. The van der Waals surface area contributed by atoms with Gasteiger partial charge in [0.05, 0.1) is 52.8 Å². The van der Waals surface area contributed by atoms with Crippen molar-refractivity contribution in [2.24, 2.45) is 0 Å². The van der Waals surface area contributed by atoms with Crippen molar-refractivity contribution in [3.63, 3.8) is 0 Å². The summed E-state index contributed by atoms with van der Waals surface area (Å²) in [5.41, 5.74) is 2.75. The zero-order chi connectivity index (χ0) is 36.4. The normalized spacial score (nSPS) is 16.4. The van der Waals surface area contributed by atoms with Gasteiger partial charge < -0.3 is 28.4 Å². The molecule has 5 rings (SSSR count). The van der Waals surface area contributed by atoms with Crippen LogP contribution in [0.3, 0.4) is 0 Å². The van der Waals surface area contributed by atoms with Gasteiger partial charge in [-0.25, -0.2) is 4.79 Å². The monoisotopic (exact) mass is 778 g/mol. The predicted octanol–water partition coefficient (Wildman–Crippen LogP) is 8.36. The lowest BCUT2D eigenvalue weighted by Crippen LogP contribution is -2.44. The number of carbonyl (C=O) groups is 1. The van der Waals surface area contributed by atoms with Crippen LogP contribution < -0.4 is 23.7 Å². The fourth-order valence-electron chi connectivity index (χ4n) is 5.77. The highest BCUT2D eigenvalue weighted by atomic mass is 79.9. The van der Waals surface area contributed by atoms with Crippen LogP contribution in [0.15, 0.2) is 88.2 Å². The molecule has 1 amide bonds. The van der Waals surface area contributed by atoms with Gasteiger partial charge in [0.1, 0.15) is 11.9 Å². The van der Waals surface area contributed by atoms with Crippen molar-refractivity contribution in [2.75, 3.05) is 47.9 Å². The van der Waals surface area contributed by atoms with Gasteiger partial charge in [-0.1, -0.05) is 30.3 Å². The van der Waals surface area contributed by atoms with Crippen molar-refractivity contribution in [3.05, 3.63) is 106 Å². The van der Waals surface area contributed by atoms with E-state index in [1.165, 1.54) is 7.11 Å². The minimum atomic E-state index is -1.54. The average molecular weight is 780 g/mol. The first-order valence-electron chi connectivity index (χ1n) is 16.2. The first-order valence-corrected chi connectivity index (χ1v) is 18.0. The molecule has 1 heterocycles. The smallest absolute Gasteiger partial charge is 0.425 e. The van der Waals surface area contributed by atoms with Crippen LogP contribution in [-0.2, 0) is 16.0 Å². The number of benzene rings is 4. The van der Waals surface area contributed by atoms with E-state index in [9.17, 15) is 10.0 Å². The lowest BCUT2D eigenvalue weighted by Gasteiger charge is -2.20. The molecule has 3 atom stereocenters. The number of amides is 1. The number of hydroxylamine groups is 4. The van der Waals surface area contributed by atoms with Crippen LogP contribution in [0.2, 0.25) is 0 Å². The molecule has 0 spiro atoms. The molecule has 0 radical (unpaired) electrons. The zero-order valence-corrected chi connectivity index (χ0v) is 31.5. The number of hydrogen-bond donors (Lipinski definition) is 1. The SMILES string of the molecule is COc1cc(C2CCC(c3cc(OC)c(OC)c(OC)c3)O2)cc(CC#C[N+](O)(OC)C(=O)c2ccccc2)c1OCCSc1ccccc1Br. The molecule has 3 unspecified atom stereocenters. The van der Waals surface area contributed by atoms with Gasteiger partial charge in [0, 0.05) is 27.1 Å². The van der Waals surface area contributed by atoms with Crippen LogP contribution in [-0.4, -0.2) is 63.8 Å². The van der Waals surface area contributed by atoms with Crippen LogP contribution in [0.25, 0.3) is 0 Å². The number of carbonyl (C=O) groups excluding carboxylic acids is 1. The maximum absolute atomic E-state index is 13.1. The topological polar surface area (TPSA) is 102 Å². The quantitative estimate of drug-likeness (QED) is 0.0336. The number of quaternary nitrogens is 1. The molecule has 0 saturated carbocycles. The van der Waals surface area contributed by atoms with Crippen molar-refractivity contribution in [1.82, 2.24) is 0 Å². The number of thioether (sulfide) groups is 1. The Bertz CT molecular complexity index is 1850. The van der Waals surface area contributed by atoms with Gasteiger partial charge in [0.25, 0.3) is 0 Å². The van der Waals surface area contributed by atoms with Gasteiger partial charge in [0.15, 0.2) is 23.0 Å². The van der Waals surface area contributed by atoms with E-state index >= 15 is 0 Å². The van der Waals surface area contributed by atoms with E-state index in [2.05, 4.69) is 27.9 Å². The summed E-state index contributed by atoms with van der Waals surface area (Å²) in [4.78, 5) is 17.9. The van der Waals surface area contributed by atoms with Gasteiger partial charge in [-0.05, 0) is 94.3 Å². The van der Waals surface area contributed by atoms with Gasteiger partial charge in [0.2, 0.25) is 11.8 Å². The first kappa shape index (κ1) is 38.0. The molecule has 1 saturated heterocycles. The molecule has 4 aromatic carbocycles. The third-order valence-electron chi connectivity index (χ3n) is 8.32. The molecular weight excluding hydrogens is 738 g/mol. The van der Waals surface area contributed by atoms with Crippen LogP contribution in [0.5, 0.6) is 28.7 Å². The fourth-order valence-corrected chi connectivity index (χ4v) is 7.16. The minimum Gasteiger partial charge on any atom is -0.493 e. The van der Waals surface area contributed by atoms with Crippen molar-refractivity contribution in [1.29, 1.82) is 0 Å². The Kier molecular flexibility index (Phi) is 13.3. The molecule has 4 aromatic rings. The summed E-state index contributed by atoms with van der Waals surface area (Å²) in [7, 11) is 7.55. The maximum atomic E-state index is 13.1. The van der Waals surface area contributed by atoms with Crippen molar-refractivity contribution < 1.29 is 48.1 Å². The van der Waals surface area contributed by atoms with E-state index in [1.54, 1.807) is 70.5 Å². The number of rotatable bonds is 14. The Morgan fingerprint density at radius 3 is 2.02 bits per heavy atom. The van der Waals surface area contributed by atoms with Crippen LogP contribution >= 0.6 is 27.7 Å². The van der Waals surface area contributed by atoms with E-state index in [-0.39, 0.29) is 24.2 Å². The second kappa shape index (κ2) is 17.8. The number of hydrogen-bond acceptors (Lipinski definition) is 10. The highest BCUT2D eigenvalue weighted by molar-refractivity contribution is 9.10. The van der Waals surface area contributed by atoms with Gasteiger partial charge in [-0.15, -0.1) is 16.6 Å². The lowest BCUT2D eigenvalue weighted by atomic mass is 9.99. The molecule has 0 aromatic heterocycles. The summed E-state index contributed by atoms with van der Waals surface area (Å²) in [6.45, 7) is 0.385. The molecule has 0 bridgehead atoms. The molecule has 51 heavy (non-hydrogen) atoms. The first-order chi connectivity index (χ1) is 24.7. The Morgan fingerprint density at radius 1 is 0.843 bits per heavy atom. The third kappa shape index (κ3) is 8.99. The molecular formula is C39H41BrNO9S+. The summed E-state index contributed by atoms with van der Waals surface area (Å²) < 4.78 is 36.5. The van der Waals surface area contributed by atoms with E-state index in [4.69, 9.17) is 33.3 Å². The van der Waals surface area contributed by atoms with Crippen LogP contribution in [0.1, 0.15) is 52.1 Å². The van der Waals surface area contributed by atoms with Crippen LogP contribution in [0, 0.1) is 12.0 Å². The van der Waals surface area contributed by atoms with Crippen molar-refractivity contribution in [2.45, 2.75) is 36.4 Å². The summed E-state index contributed by atoms with van der Waals surface area (Å²) in [5, 5.41) is 11.1. The molecule has 1 aliphatic heterocycles. The highest BCUT2D eigenvalue weighted by Crippen LogP contribution is 2.47. The second-order valence-electron chi connectivity index (χ2n) is 11.4. The Labute approximate surface area is 311 Å². The summed E-state index contributed by atoms with van der Waals surface area (Å²) in [5.74, 6) is 5.58. The number of methoxy groups -OCH3 is 4. The van der Waals surface area contributed by atoms with Crippen molar-refractivity contribution >= 4 is 33.6 Å². The zero-order valence-electron chi connectivity index (χ0n) is 29.1. The average Bonchev–Trinajstić information content (AvgIpc) is 3.67. The minimum absolute atomic E-state index is 0.117. The predicted molar refractivity (Wildman–Crippen MR) is 197 cm³/mol. The molecule has 0 aliphatic carbocycles. The third-order valence-corrected chi connectivity index (χ3v) is 10.3. The van der Waals surface area contributed by atoms with E-state index in [0.717, 1.165) is 33.3 Å². The number of ether oxygens (including phenoxy) is 6. The van der Waals surface area contributed by atoms with E-state index < -0.39 is 10.7 Å². The molecule has 1 aliphatic rings. The Morgan fingerprint density at radius 2 is 1.43 bits per heavy atom. The number of halogens is 1. The lowest BCUT2D eigenvalue weighted by molar-refractivity contribution is -1.14. The summed E-state index contributed by atoms with van der Waals surface area (Å²) in [6, 6.07) is 26.7.